The van der Waals surface area contributed by atoms with Crippen molar-refractivity contribution in [2.75, 3.05) is 0 Å². The number of hydrogen-bond donors (Lipinski definition) is 1. The maximum Gasteiger partial charge on any atom is 0.0596 e. The Hall–Kier alpha value is -0.0400. The molecule has 1 heteroatoms. The Balaban J connectivity index is 1.64. The highest BCUT2D eigenvalue weighted by Gasteiger charge is 2.59. The third-order valence-electron chi connectivity index (χ3n) is 8.53. The molecule has 4 aliphatic rings. The molecule has 20 heavy (non-hydrogen) atoms. The van der Waals surface area contributed by atoms with E-state index < -0.39 is 0 Å². The van der Waals surface area contributed by atoms with Crippen LogP contribution in [-0.2, 0) is 0 Å². The van der Waals surface area contributed by atoms with Crippen LogP contribution in [0.5, 0.6) is 0 Å². The number of fused-ring (bicyclic) bond motifs is 5. The highest BCUT2D eigenvalue weighted by molar-refractivity contribution is 5.08. The molecule has 0 aliphatic heterocycles. The van der Waals surface area contributed by atoms with Crippen molar-refractivity contribution in [1.29, 1.82) is 0 Å². The summed E-state index contributed by atoms with van der Waals surface area (Å²) >= 11 is 0. The zero-order valence-electron chi connectivity index (χ0n) is 13.4. The van der Waals surface area contributed by atoms with Gasteiger partial charge in [0.05, 0.1) is 6.10 Å². The highest BCUT2D eigenvalue weighted by Crippen LogP contribution is 2.66. The first kappa shape index (κ1) is 13.6. The van der Waals surface area contributed by atoms with Crippen molar-refractivity contribution in [3.05, 3.63) is 0 Å². The van der Waals surface area contributed by atoms with E-state index in [1.807, 2.05) is 0 Å². The lowest BCUT2D eigenvalue weighted by Gasteiger charge is -2.60. The summed E-state index contributed by atoms with van der Waals surface area (Å²) in [5, 5.41) is 10.5. The van der Waals surface area contributed by atoms with Crippen LogP contribution in [0.3, 0.4) is 0 Å². The monoisotopic (exact) mass is 276 g/mol. The molecule has 4 saturated carbocycles. The Morgan fingerprint density at radius 3 is 2.40 bits per heavy atom. The summed E-state index contributed by atoms with van der Waals surface area (Å²) in [6.07, 6.45) is 14.0. The standard InChI is InChI=1S/C19H32O/c1-18-11-4-3-5-13(18)6-7-14-15-8-9-17(20)19(15,2)12-10-16(14)18/h13-17,20H,3-12H2,1-2H3/t13-,14-,15-,16-,17-,18+,19-/m1/s1. The van der Waals surface area contributed by atoms with E-state index in [0.717, 1.165) is 30.1 Å². The van der Waals surface area contributed by atoms with Gasteiger partial charge in [-0.15, -0.1) is 0 Å². The Morgan fingerprint density at radius 1 is 0.750 bits per heavy atom. The molecule has 1 N–H and O–H groups in total. The zero-order chi connectivity index (χ0) is 14.0. The van der Waals surface area contributed by atoms with Crippen LogP contribution in [0.2, 0.25) is 0 Å². The largest absolute Gasteiger partial charge is 0.393 e. The van der Waals surface area contributed by atoms with Crippen molar-refractivity contribution >= 4 is 0 Å². The molecule has 0 saturated heterocycles. The van der Waals surface area contributed by atoms with Gasteiger partial charge in [-0.2, -0.15) is 0 Å². The van der Waals surface area contributed by atoms with Crippen LogP contribution >= 0.6 is 0 Å². The maximum atomic E-state index is 10.5. The Morgan fingerprint density at radius 2 is 1.55 bits per heavy atom. The van der Waals surface area contributed by atoms with Crippen molar-refractivity contribution in [2.45, 2.75) is 84.2 Å². The van der Waals surface area contributed by atoms with E-state index in [1.54, 1.807) is 0 Å². The van der Waals surface area contributed by atoms with Crippen molar-refractivity contribution < 1.29 is 5.11 Å². The SMILES string of the molecule is C[C@]12CCCC[C@@H]1CC[C@H]1[C@H]2CC[C@@]2(C)[C@H](O)CC[C@H]12. The molecule has 1 nitrogen and oxygen atoms in total. The minimum absolute atomic E-state index is 0.00895. The summed E-state index contributed by atoms with van der Waals surface area (Å²) in [5.41, 5.74) is 0.912. The topological polar surface area (TPSA) is 20.2 Å². The van der Waals surface area contributed by atoms with Gasteiger partial charge in [-0.25, -0.2) is 0 Å². The Kier molecular flexibility index (Phi) is 3.05. The smallest absolute Gasteiger partial charge is 0.0596 e. The lowest BCUT2D eigenvalue weighted by Crippen LogP contribution is -2.53. The molecule has 4 rings (SSSR count). The normalized spacial score (nSPS) is 58.6. The van der Waals surface area contributed by atoms with Crippen LogP contribution in [0.4, 0.5) is 0 Å². The maximum absolute atomic E-state index is 10.5. The second kappa shape index (κ2) is 4.48. The van der Waals surface area contributed by atoms with E-state index in [-0.39, 0.29) is 11.5 Å². The van der Waals surface area contributed by atoms with E-state index in [0.29, 0.717) is 5.41 Å². The summed E-state index contributed by atoms with van der Waals surface area (Å²) in [7, 11) is 0. The molecule has 7 atom stereocenters. The molecule has 0 aromatic rings. The fourth-order valence-corrected chi connectivity index (χ4v) is 7.27. The molecular formula is C19H32O. The molecule has 0 aromatic heterocycles. The van der Waals surface area contributed by atoms with Crippen LogP contribution < -0.4 is 0 Å². The summed E-state index contributed by atoms with van der Waals surface area (Å²) in [6.45, 7) is 5.04. The van der Waals surface area contributed by atoms with Gasteiger partial charge in [-0.05, 0) is 85.9 Å². The number of hydrogen-bond acceptors (Lipinski definition) is 1. The molecule has 4 fully saturated rings. The lowest BCUT2D eigenvalue weighted by atomic mass is 9.45. The minimum Gasteiger partial charge on any atom is -0.393 e. The third kappa shape index (κ3) is 1.65. The number of aliphatic hydroxyl groups excluding tert-OH is 1. The van der Waals surface area contributed by atoms with Gasteiger partial charge in [-0.1, -0.05) is 26.7 Å². The summed E-state index contributed by atoms with van der Waals surface area (Å²) < 4.78 is 0. The van der Waals surface area contributed by atoms with Gasteiger partial charge in [0.2, 0.25) is 0 Å². The molecule has 0 aromatic carbocycles. The predicted molar refractivity (Wildman–Crippen MR) is 82.4 cm³/mol. The lowest BCUT2D eigenvalue weighted by molar-refractivity contribution is -0.120. The van der Waals surface area contributed by atoms with Crippen LogP contribution in [0.25, 0.3) is 0 Å². The van der Waals surface area contributed by atoms with Crippen LogP contribution in [-0.4, -0.2) is 11.2 Å². The molecule has 0 heterocycles. The molecule has 0 radical (unpaired) electrons. The highest BCUT2D eigenvalue weighted by atomic mass is 16.3. The van der Waals surface area contributed by atoms with Crippen molar-refractivity contribution in [1.82, 2.24) is 0 Å². The average Bonchev–Trinajstić information content (AvgIpc) is 2.74. The Labute approximate surface area is 124 Å². The van der Waals surface area contributed by atoms with E-state index in [9.17, 15) is 5.11 Å². The number of rotatable bonds is 0. The quantitative estimate of drug-likeness (QED) is 0.675. The average molecular weight is 276 g/mol. The van der Waals surface area contributed by atoms with Crippen LogP contribution in [0.15, 0.2) is 0 Å². The van der Waals surface area contributed by atoms with Crippen molar-refractivity contribution in [2.24, 2.45) is 34.5 Å². The van der Waals surface area contributed by atoms with Gasteiger partial charge >= 0.3 is 0 Å². The number of aliphatic hydroxyl groups is 1. The first-order valence-corrected chi connectivity index (χ1v) is 9.24. The summed E-state index contributed by atoms with van der Waals surface area (Å²) in [5.74, 6) is 3.76. The fraction of sp³-hybridized carbons (Fsp3) is 1.00. The van der Waals surface area contributed by atoms with E-state index in [1.165, 1.54) is 57.8 Å². The Bertz CT molecular complexity index is 391. The molecule has 114 valence electrons. The molecule has 0 unspecified atom stereocenters. The van der Waals surface area contributed by atoms with Crippen LogP contribution in [0, 0.1) is 34.5 Å². The van der Waals surface area contributed by atoms with Gasteiger partial charge in [0.25, 0.3) is 0 Å². The minimum atomic E-state index is -0.00895. The second-order valence-electron chi connectivity index (χ2n) is 9.04. The molecule has 0 amide bonds. The molecular weight excluding hydrogens is 244 g/mol. The van der Waals surface area contributed by atoms with Gasteiger partial charge in [0.1, 0.15) is 0 Å². The molecule has 0 spiro atoms. The predicted octanol–water partition coefficient (Wildman–Crippen LogP) is 4.78. The van der Waals surface area contributed by atoms with Crippen molar-refractivity contribution in [3.63, 3.8) is 0 Å². The van der Waals surface area contributed by atoms with Crippen molar-refractivity contribution in [3.8, 4) is 0 Å². The first-order valence-electron chi connectivity index (χ1n) is 9.24. The molecule has 0 bridgehead atoms. The van der Waals surface area contributed by atoms with E-state index in [4.69, 9.17) is 0 Å². The third-order valence-corrected chi connectivity index (χ3v) is 8.53. The second-order valence-corrected chi connectivity index (χ2v) is 9.04. The van der Waals surface area contributed by atoms with E-state index in [2.05, 4.69) is 13.8 Å². The fourth-order valence-electron chi connectivity index (χ4n) is 7.27. The van der Waals surface area contributed by atoms with Gasteiger partial charge < -0.3 is 5.11 Å². The van der Waals surface area contributed by atoms with Gasteiger partial charge in [-0.3, -0.25) is 0 Å². The van der Waals surface area contributed by atoms with Gasteiger partial charge in [0.15, 0.2) is 0 Å². The summed E-state index contributed by atoms with van der Waals surface area (Å²) in [4.78, 5) is 0. The zero-order valence-corrected chi connectivity index (χ0v) is 13.4. The van der Waals surface area contributed by atoms with E-state index >= 15 is 0 Å². The first-order chi connectivity index (χ1) is 9.56. The van der Waals surface area contributed by atoms with Gasteiger partial charge in [0, 0.05) is 0 Å². The summed E-state index contributed by atoms with van der Waals surface area (Å²) in [6, 6.07) is 0. The van der Waals surface area contributed by atoms with Crippen LogP contribution in [0.1, 0.15) is 78.1 Å². The molecule has 4 aliphatic carbocycles.